The molecule has 0 saturated carbocycles. The highest BCUT2D eigenvalue weighted by Gasteiger charge is 2.07. The van der Waals surface area contributed by atoms with Gasteiger partial charge in [0, 0.05) is 19.5 Å². The molecule has 0 aromatic carbocycles. The van der Waals surface area contributed by atoms with E-state index in [2.05, 4.69) is 15.6 Å². The van der Waals surface area contributed by atoms with Gasteiger partial charge in [-0.3, -0.25) is 4.79 Å². The number of amides is 1. The Morgan fingerprint density at radius 3 is 2.78 bits per heavy atom. The number of hydrogen-bond donors (Lipinski definition) is 3. The molecule has 0 radical (unpaired) electrons. The number of hydrogen-bond acceptors (Lipinski definition) is 4. The van der Waals surface area contributed by atoms with Gasteiger partial charge < -0.3 is 15.7 Å². The average molecular weight is 272 g/mol. The van der Waals surface area contributed by atoms with Gasteiger partial charge in [0.15, 0.2) is 0 Å². The van der Waals surface area contributed by atoms with E-state index >= 15 is 0 Å². The number of halogens is 1. The lowest BCUT2D eigenvalue weighted by Gasteiger charge is -2.07. The van der Waals surface area contributed by atoms with Gasteiger partial charge in [0.1, 0.15) is 11.0 Å². The largest absolute Gasteiger partial charge is 0.478 e. The van der Waals surface area contributed by atoms with Crippen LogP contribution in [0, 0.1) is 0 Å². The molecule has 0 atom stereocenters. The first kappa shape index (κ1) is 14.2. The van der Waals surface area contributed by atoms with E-state index in [1.807, 2.05) is 6.92 Å². The van der Waals surface area contributed by atoms with Crippen LogP contribution in [-0.4, -0.2) is 35.1 Å². The van der Waals surface area contributed by atoms with Crippen LogP contribution in [0.2, 0.25) is 5.15 Å². The third kappa shape index (κ3) is 4.58. The third-order valence-corrected chi connectivity index (χ3v) is 2.27. The van der Waals surface area contributed by atoms with Gasteiger partial charge in [-0.2, -0.15) is 0 Å². The Morgan fingerprint density at radius 1 is 1.44 bits per heavy atom. The van der Waals surface area contributed by atoms with Crippen LogP contribution in [0.3, 0.4) is 0 Å². The van der Waals surface area contributed by atoms with E-state index in [-0.39, 0.29) is 23.0 Å². The molecule has 0 aliphatic heterocycles. The summed E-state index contributed by atoms with van der Waals surface area (Å²) in [6.07, 6.45) is 0.282. The lowest BCUT2D eigenvalue weighted by Crippen LogP contribution is -2.24. The van der Waals surface area contributed by atoms with Gasteiger partial charge in [0.05, 0.1) is 5.56 Å². The predicted octanol–water partition coefficient (Wildman–Crippen LogP) is 1.37. The quantitative estimate of drug-likeness (QED) is 0.680. The summed E-state index contributed by atoms with van der Waals surface area (Å²) in [6.45, 7) is 2.78. The first-order chi connectivity index (χ1) is 8.52. The zero-order valence-electron chi connectivity index (χ0n) is 9.86. The van der Waals surface area contributed by atoms with E-state index in [9.17, 15) is 9.59 Å². The number of carbonyl (C=O) groups excluding carboxylic acids is 1. The summed E-state index contributed by atoms with van der Waals surface area (Å²) in [5.41, 5.74) is 0.0514. The van der Waals surface area contributed by atoms with Crippen molar-refractivity contribution in [3.05, 3.63) is 22.8 Å². The maximum atomic E-state index is 11.2. The lowest BCUT2D eigenvalue weighted by molar-refractivity contribution is -0.120. The minimum atomic E-state index is -1.08. The van der Waals surface area contributed by atoms with Gasteiger partial charge in [-0.1, -0.05) is 11.6 Å². The topological polar surface area (TPSA) is 91.3 Å². The molecule has 0 unspecified atom stereocenters. The molecule has 1 rings (SSSR count). The Labute approximate surface area is 109 Å². The molecule has 1 aromatic heterocycles. The summed E-state index contributed by atoms with van der Waals surface area (Å²) >= 11 is 5.69. The Morgan fingerprint density at radius 2 is 2.17 bits per heavy atom. The number of pyridine rings is 1. The first-order valence-electron chi connectivity index (χ1n) is 5.44. The summed E-state index contributed by atoms with van der Waals surface area (Å²) in [5, 5.41) is 14.4. The monoisotopic (exact) mass is 271 g/mol. The smallest absolute Gasteiger partial charge is 0.335 e. The Kier molecular flexibility index (Phi) is 5.38. The van der Waals surface area contributed by atoms with Gasteiger partial charge >= 0.3 is 5.97 Å². The fourth-order valence-electron chi connectivity index (χ4n) is 1.30. The van der Waals surface area contributed by atoms with Crippen LogP contribution in [-0.2, 0) is 4.79 Å². The number of carboxylic acid groups (broad SMARTS) is 1. The van der Waals surface area contributed by atoms with Crippen molar-refractivity contribution in [2.45, 2.75) is 13.3 Å². The summed E-state index contributed by atoms with van der Waals surface area (Å²) in [4.78, 5) is 25.9. The summed E-state index contributed by atoms with van der Waals surface area (Å²) in [5.74, 6) is -0.819. The van der Waals surface area contributed by atoms with Gasteiger partial charge in [0.25, 0.3) is 0 Å². The molecule has 0 fully saturated rings. The van der Waals surface area contributed by atoms with Crippen molar-refractivity contribution >= 4 is 29.3 Å². The van der Waals surface area contributed by atoms with Crippen LogP contribution in [0.4, 0.5) is 5.82 Å². The van der Waals surface area contributed by atoms with Crippen LogP contribution in [0.25, 0.3) is 0 Å². The van der Waals surface area contributed by atoms with E-state index < -0.39 is 5.97 Å². The van der Waals surface area contributed by atoms with Crippen LogP contribution in [0.5, 0.6) is 0 Å². The molecule has 0 aliphatic rings. The SMILES string of the molecule is CCNC(=O)CCNc1cc(C(=O)O)cc(Cl)n1. The molecule has 6 nitrogen and oxygen atoms in total. The molecule has 0 saturated heterocycles. The van der Waals surface area contributed by atoms with E-state index in [0.717, 1.165) is 0 Å². The summed E-state index contributed by atoms with van der Waals surface area (Å²) in [6, 6.07) is 2.63. The Bertz CT molecular complexity index is 451. The van der Waals surface area contributed by atoms with Crippen LogP contribution in [0.15, 0.2) is 12.1 Å². The van der Waals surface area contributed by atoms with Crippen molar-refractivity contribution < 1.29 is 14.7 Å². The number of nitrogens with zero attached hydrogens (tertiary/aromatic N) is 1. The van der Waals surface area contributed by atoms with Crippen molar-refractivity contribution in [3.8, 4) is 0 Å². The van der Waals surface area contributed by atoms with Gasteiger partial charge in [-0.05, 0) is 19.1 Å². The lowest BCUT2D eigenvalue weighted by atomic mass is 10.2. The van der Waals surface area contributed by atoms with E-state index in [0.29, 0.717) is 18.9 Å². The molecular formula is C11H14ClN3O3. The van der Waals surface area contributed by atoms with Crippen LogP contribution >= 0.6 is 11.6 Å². The van der Waals surface area contributed by atoms with Crippen molar-refractivity contribution in [2.75, 3.05) is 18.4 Å². The maximum absolute atomic E-state index is 11.2. The zero-order valence-corrected chi connectivity index (χ0v) is 10.6. The van der Waals surface area contributed by atoms with Gasteiger partial charge in [-0.25, -0.2) is 9.78 Å². The van der Waals surface area contributed by atoms with Crippen LogP contribution < -0.4 is 10.6 Å². The van der Waals surface area contributed by atoms with E-state index in [1.54, 1.807) is 0 Å². The molecule has 1 aromatic rings. The van der Waals surface area contributed by atoms with Crippen molar-refractivity contribution in [3.63, 3.8) is 0 Å². The van der Waals surface area contributed by atoms with E-state index in [1.165, 1.54) is 12.1 Å². The predicted molar refractivity (Wildman–Crippen MR) is 68.0 cm³/mol. The molecule has 0 aliphatic carbocycles. The highest BCUT2D eigenvalue weighted by atomic mass is 35.5. The molecular weight excluding hydrogens is 258 g/mol. The molecule has 3 N–H and O–H groups in total. The van der Waals surface area contributed by atoms with Gasteiger partial charge in [-0.15, -0.1) is 0 Å². The Balaban J connectivity index is 2.57. The fourth-order valence-corrected chi connectivity index (χ4v) is 1.51. The average Bonchev–Trinajstić information content (AvgIpc) is 2.28. The highest BCUT2D eigenvalue weighted by Crippen LogP contribution is 2.14. The van der Waals surface area contributed by atoms with Crippen LogP contribution in [0.1, 0.15) is 23.7 Å². The highest BCUT2D eigenvalue weighted by molar-refractivity contribution is 6.29. The molecule has 0 bridgehead atoms. The van der Waals surface area contributed by atoms with Crippen molar-refractivity contribution in [1.82, 2.24) is 10.3 Å². The van der Waals surface area contributed by atoms with Gasteiger partial charge in [0.2, 0.25) is 5.91 Å². The maximum Gasteiger partial charge on any atom is 0.335 e. The molecule has 1 heterocycles. The number of carboxylic acids is 1. The van der Waals surface area contributed by atoms with Crippen molar-refractivity contribution in [1.29, 1.82) is 0 Å². The second kappa shape index (κ2) is 6.80. The zero-order chi connectivity index (χ0) is 13.5. The number of aromatic nitrogens is 1. The molecule has 1 amide bonds. The summed E-state index contributed by atoms with van der Waals surface area (Å²) in [7, 11) is 0. The second-order valence-corrected chi connectivity index (χ2v) is 3.89. The van der Waals surface area contributed by atoms with Crippen molar-refractivity contribution in [2.24, 2.45) is 0 Å². The number of aromatic carboxylic acids is 1. The number of anilines is 1. The number of rotatable bonds is 6. The third-order valence-electron chi connectivity index (χ3n) is 2.07. The molecule has 7 heteroatoms. The summed E-state index contributed by atoms with van der Waals surface area (Å²) < 4.78 is 0. The first-order valence-corrected chi connectivity index (χ1v) is 5.82. The minimum absolute atomic E-state index is 0.0514. The second-order valence-electron chi connectivity index (χ2n) is 3.50. The molecule has 98 valence electrons. The van der Waals surface area contributed by atoms with E-state index in [4.69, 9.17) is 16.7 Å². The molecule has 18 heavy (non-hydrogen) atoms. The number of carbonyl (C=O) groups is 2. The standard InChI is InChI=1S/C11H14ClN3O3/c1-2-13-10(16)3-4-14-9-6-7(11(17)18)5-8(12)15-9/h5-6H,2-4H2,1H3,(H,13,16)(H,14,15)(H,17,18). The fraction of sp³-hybridized carbons (Fsp3) is 0.364. The minimum Gasteiger partial charge on any atom is -0.478 e. The normalized spacial score (nSPS) is 9.89. The number of nitrogens with one attached hydrogen (secondary N) is 2. The Hall–Kier alpha value is -1.82. The molecule has 0 spiro atoms.